The molecule has 0 saturated carbocycles. The van der Waals surface area contributed by atoms with Gasteiger partial charge in [0.15, 0.2) is 0 Å². The van der Waals surface area contributed by atoms with E-state index in [0.717, 1.165) is 24.3 Å². The lowest BCUT2D eigenvalue weighted by Crippen LogP contribution is -2.45. The number of carbonyl (C=O) groups excluding carboxylic acids is 2. The average Bonchev–Trinajstić information content (AvgIpc) is 2.80. The molecule has 1 aliphatic heterocycles. The van der Waals surface area contributed by atoms with E-state index in [1.807, 2.05) is 49.3 Å². The van der Waals surface area contributed by atoms with Gasteiger partial charge in [-0.3, -0.25) is 14.5 Å². The summed E-state index contributed by atoms with van der Waals surface area (Å²) in [4.78, 5) is 29.1. The fourth-order valence-corrected chi connectivity index (χ4v) is 3.48. The quantitative estimate of drug-likeness (QED) is 0.690. The van der Waals surface area contributed by atoms with Crippen molar-refractivity contribution in [3.05, 3.63) is 59.7 Å². The maximum absolute atomic E-state index is 12.5. The highest BCUT2D eigenvalue weighted by Crippen LogP contribution is 2.24. The molecule has 0 bridgehead atoms. The number of benzene rings is 2. The number of hydrogen-bond donors (Lipinski definition) is 2. The molecule has 2 aromatic carbocycles. The number of nitrogens with one attached hydrogen (secondary N) is 2. The highest BCUT2D eigenvalue weighted by Gasteiger charge is 2.25. The molecule has 0 unspecified atom stereocenters. The predicted molar refractivity (Wildman–Crippen MR) is 119 cm³/mol. The van der Waals surface area contributed by atoms with Crippen LogP contribution in [0.2, 0.25) is 0 Å². The van der Waals surface area contributed by atoms with E-state index in [9.17, 15) is 9.59 Å². The summed E-state index contributed by atoms with van der Waals surface area (Å²) in [5, 5.41) is 14.4. The smallest absolute Gasteiger partial charge is 0.313 e. The molecule has 1 atom stereocenters. The summed E-state index contributed by atoms with van der Waals surface area (Å²) < 4.78 is 5.46. The topological polar surface area (TPSA) is 97.7 Å². The second kappa shape index (κ2) is 10.6. The van der Waals surface area contributed by atoms with Gasteiger partial charge in [-0.2, -0.15) is 5.26 Å². The molecule has 3 rings (SSSR count). The summed E-state index contributed by atoms with van der Waals surface area (Å²) in [5.74, 6) is -1.54. The van der Waals surface area contributed by atoms with Gasteiger partial charge in [0.05, 0.1) is 30.5 Å². The van der Waals surface area contributed by atoms with E-state index in [2.05, 4.69) is 15.5 Å². The number of anilines is 2. The SMILES string of the molecule is CN(C)c1ccc([C@@H](CNC(=O)C(=O)Nc2ccccc2C#N)N2CCOCC2)cc1. The minimum absolute atomic E-state index is 0.0803. The van der Waals surface area contributed by atoms with Gasteiger partial charge in [-0.25, -0.2) is 0 Å². The highest BCUT2D eigenvalue weighted by molar-refractivity contribution is 6.39. The monoisotopic (exact) mass is 421 g/mol. The molecule has 0 aliphatic carbocycles. The van der Waals surface area contributed by atoms with Crippen molar-refractivity contribution in [1.29, 1.82) is 5.26 Å². The maximum Gasteiger partial charge on any atom is 0.313 e. The molecule has 0 aromatic heterocycles. The van der Waals surface area contributed by atoms with Crippen molar-refractivity contribution in [2.75, 3.05) is 57.2 Å². The van der Waals surface area contributed by atoms with Crippen LogP contribution in [0.1, 0.15) is 17.2 Å². The zero-order valence-corrected chi connectivity index (χ0v) is 17.8. The van der Waals surface area contributed by atoms with Gasteiger partial charge in [-0.05, 0) is 29.8 Å². The summed E-state index contributed by atoms with van der Waals surface area (Å²) in [6, 6.07) is 16.7. The Balaban J connectivity index is 1.68. The van der Waals surface area contributed by atoms with Crippen LogP contribution in [0.4, 0.5) is 11.4 Å². The predicted octanol–water partition coefficient (Wildman–Crippen LogP) is 1.75. The van der Waals surface area contributed by atoms with Crippen molar-refractivity contribution < 1.29 is 14.3 Å². The van der Waals surface area contributed by atoms with Crippen molar-refractivity contribution in [3.8, 4) is 6.07 Å². The molecular formula is C23H27N5O3. The highest BCUT2D eigenvalue weighted by atomic mass is 16.5. The first-order valence-corrected chi connectivity index (χ1v) is 10.2. The number of para-hydroxylation sites is 1. The minimum atomic E-state index is -0.800. The Hall–Kier alpha value is -3.41. The summed E-state index contributed by atoms with van der Waals surface area (Å²) >= 11 is 0. The third kappa shape index (κ3) is 5.81. The Kier molecular flexibility index (Phi) is 7.60. The first-order chi connectivity index (χ1) is 15.0. The zero-order chi connectivity index (χ0) is 22.2. The van der Waals surface area contributed by atoms with Gasteiger partial charge in [-0.15, -0.1) is 0 Å². The number of amides is 2. The number of carbonyl (C=O) groups is 2. The van der Waals surface area contributed by atoms with Gasteiger partial charge in [-0.1, -0.05) is 24.3 Å². The van der Waals surface area contributed by atoms with Gasteiger partial charge in [0, 0.05) is 39.4 Å². The van der Waals surface area contributed by atoms with Crippen LogP contribution in [0.25, 0.3) is 0 Å². The van der Waals surface area contributed by atoms with Gasteiger partial charge in [0.25, 0.3) is 0 Å². The number of nitriles is 1. The van der Waals surface area contributed by atoms with E-state index in [1.165, 1.54) is 0 Å². The molecule has 1 saturated heterocycles. The lowest BCUT2D eigenvalue weighted by Gasteiger charge is -2.35. The van der Waals surface area contributed by atoms with Crippen LogP contribution in [0, 0.1) is 11.3 Å². The Morgan fingerprint density at radius 1 is 1.10 bits per heavy atom. The van der Waals surface area contributed by atoms with Crippen LogP contribution in [-0.4, -0.2) is 63.7 Å². The number of rotatable bonds is 6. The third-order valence-corrected chi connectivity index (χ3v) is 5.24. The van der Waals surface area contributed by atoms with Crippen LogP contribution in [0.3, 0.4) is 0 Å². The summed E-state index contributed by atoms with van der Waals surface area (Å²) in [7, 11) is 3.97. The summed E-state index contributed by atoms with van der Waals surface area (Å²) in [6.07, 6.45) is 0. The Morgan fingerprint density at radius 2 is 1.77 bits per heavy atom. The molecule has 31 heavy (non-hydrogen) atoms. The lowest BCUT2D eigenvalue weighted by atomic mass is 10.0. The molecule has 0 radical (unpaired) electrons. The summed E-state index contributed by atoms with van der Waals surface area (Å²) in [6.45, 7) is 3.04. The van der Waals surface area contributed by atoms with Crippen molar-refractivity contribution in [2.45, 2.75) is 6.04 Å². The average molecular weight is 422 g/mol. The maximum atomic E-state index is 12.5. The second-order valence-electron chi connectivity index (χ2n) is 7.47. The molecule has 162 valence electrons. The largest absolute Gasteiger partial charge is 0.379 e. The molecule has 2 amide bonds. The molecule has 8 nitrogen and oxygen atoms in total. The van der Waals surface area contributed by atoms with Crippen molar-refractivity contribution in [2.24, 2.45) is 0 Å². The van der Waals surface area contributed by atoms with Crippen LogP contribution in [-0.2, 0) is 14.3 Å². The number of nitrogens with zero attached hydrogens (tertiary/aromatic N) is 3. The number of hydrogen-bond acceptors (Lipinski definition) is 6. The van der Waals surface area contributed by atoms with Gasteiger partial charge < -0.3 is 20.3 Å². The number of ether oxygens (including phenoxy) is 1. The van der Waals surface area contributed by atoms with Crippen molar-refractivity contribution in [1.82, 2.24) is 10.2 Å². The third-order valence-electron chi connectivity index (χ3n) is 5.24. The Bertz CT molecular complexity index is 946. The van der Waals surface area contributed by atoms with Gasteiger partial charge in [0.2, 0.25) is 0 Å². The lowest BCUT2D eigenvalue weighted by molar-refractivity contribution is -0.136. The van der Waals surface area contributed by atoms with Crippen LogP contribution < -0.4 is 15.5 Å². The molecule has 0 spiro atoms. The van der Waals surface area contributed by atoms with E-state index >= 15 is 0 Å². The fourth-order valence-electron chi connectivity index (χ4n) is 3.48. The van der Waals surface area contributed by atoms with Gasteiger partial charge >= 0.3 is 11.8 Å². The van der Waals surface area contributed by atoms with Crippen LogP contribution in [0.15, 0.2) is 48.5 Å². The minimum Gasteiger partial charge on any atom is -0.379 e. The van der Waals surface area contributed by atoms with Crippen molar-refractivity contribution in [3.63, 3.8) is 0 Å². The molecule has 2 aromatic rings. The Morgan fingerprint density at radius 3 is 2.42 bits per heavy atom. The van der Waals surface area contributed by atoms with Gasteiger partial charge in [0.1, 0.15) is 6.07 Å². The van der Waals surface area contributed by atoms with Crippen LogP contribution in [0.5, 0.6) is 0 Å². The van der Waals surface area contributed by atoms with Crippen LogP contribution >= 0.6 is 0 Å². The first-order valence-electron chi connectivity index (χ1n) is 10.2. The standard InChI is InChI=1S/C23H27N5O3/c1-27(2)19-9-7-17(8-10-19)21(28-11-13-31-14-12-28)16-25-22(29)23(30)26-20-6-4-3-5-18(20)15-24/h3-10,21H,11-14,16H2,1-2H3,(H,25,29)(H,26,30)/t21-/m1/s1. The van der Waals surface area contributed by atoms with Crippen molar-refractivity contribution >= 4 is 23.2 Å². The fraction of sp³-hybridized carbons (Fsp3) is 0.348. The molecule has 8 heteroatoms. The summed E-state index contributed by atoms with van der Waals surface area (Å²) in [5.41, 5.74) is 2.76. The molecule has 1 fully saturated rings. The molecule has 1 aliphatic rings. The van der Waals surface area contributed by atoms with E-state index in [-0.39, 0.29) is 12.6 Å². The normalized spacial score (nSPS) is 14.9. The molecule has 1 heterocycles. The van der Waals surface area contributed by atoms with E-state index in [1.54, 1.807) is 24.3 Å². The first kappa shape index (κ1) is 22.3. The van der Waals surface area contributed by atoms with E-state index in [0.29, 0.717) is 24.5 Å². The Labute approximate surface area is 182 Å². The molecule has 2 N–H and O–H groups in total. The zero-order valence-electron chi connectivity index (χ0n) is 17.8. The van der Waals surface area contributed by atoms with E-state index < -0.39 is 11.8 Å². The molecular weight excluding hydrogens is 394 g/mol. The number of morpholine rings is 1. The second-order valence-corrected chi connectivity index (χ2v) is 7.47. The van der Waals surface area contributed by atoms with E-state index in [4.69, 9.17) is 10.00 Å².